The van der Waals surface area contributed by atoms with Gasteiger partial charge in [0.1, 0.15) is 18.1 Å². The summed E-state index contributed by atoms with van der Waals surface area (Å²) in [4.78, 5) is 24.7. The smallest absolute Gasteiger partial charge is 0.269 e. The van der Waals surface area contributed by atoms with E-state index in [1.54, 1.807) is 48.5 Å². The van der Waals surface area contributed by atoms with Gasteiger partial charge in [0.2, 0.25) is 0 Å². The van der Waals surface area contributed by atoms with Crippen LogP contribution in [0.5, 0.6) is 11.5 Å². The standard InChI is InChI=1S/C27H29N3O4S/c1-2-3-7-18-33-23-14-10-21(11-15-23)25(31)28-27(35)30-29-26(32)22-12-16-24(17-13-22)34-19-20-8-5-4-6-9-20/h4-6,8-17H,2-3,7,18-19H2,1H3,(H,29,32)(H2,28,30,31,35). The second kappa shape index (κ2) is 13.7. The van der Waals surface area contributed by atoms with Crippen LogP contribution in [0.15, 0.2) is 78.9 Å². The first-order chi connectivity index (χ1) is 17.0. The summed E-state index contributed by atoms with van der Waals surface area (Å²) in [6, 6.07) is 23.3. The average Bonchev–Trinajstić information content (AvgIpc) is 2.90. The van der Waals surface area contributed by atoms with E-state index in [9.17, 15) is 9.59 Å². The number of thiocarbonyl (C=S) groups is 1. The van der Waals surface area contributed by atoms with Crippen LogP contribution in [0.4, 0.5) is 0 Å². The summed E-state index contributed by atoms with van der Waals surface area (Å²) in [5.74, 6) is 0.565. The summed E-state index contributed by atoms with van der Waals surface area (Å²) < 4.78 is 11.4. The van der Waals surface area contributed by atoms with Crippen molar-refractivity contribution < 1.29 is 19.1 Å². The molecule has 0 unspecified atom stereocenters. The number of amides is 2. The number of carbonyl (C=O) groups excluding carboxylic acids is 2. The van der Waals surface area contributed by atoms with Crippen LogP contribution in [0.1, 0.15) is 52.5 Å². The number of carbonyl (C=O) groups is 2. The fraction of sp³-hybridized carbons (Fsp3) is 0.222. The highest BCUT2D eigenvalue weighted by molar-refractivity contribution is 7.80. The predicted octanol–water partition coefficient (Wildman–Crippen LogP) is 4.78. The van der Waals surface area contributed by atoms with Crippen molar-refractivity contribution in [3.8, 4) is 11.5 Å². The van der Waals surface area contributed by atoms with Crippen molar-refractivity contribution in [1.82, 2.24) is 16.2 Å². The molecule has 35 heavy (non-hydrogen) atoms. The fourth-order valence-electron chi connectivity index (χ4n) is 3.08. The number of nitrogens with one attached hydrogen (secondary N) is 3. The van der Waals surface area contributed by atoms with E-state index >= 15 is 0 Å². The second-order valence-electron chi connectivity index (χ2n) is 7.74. The van der Waals surface area contributed by atoms with E-state index in [2.05, 4.69) is 23.1 Å². The van der Waals surface area contributed by atoms with Gasteiger partial charge in [-0.05, 0) is 72.7 Å². The normalized spacial score (nSPS) is 10.2. The lowest BCUT2D eigenvalue weighted by molar-refractivity contribution is 0.0934. The maximum atomic E-state index is 12.4. The van der Waals surface area contributed by atoms with Crippen LogP contribution in [0.2, 0.25) is 0 Å². The van der Waals surface area contributed by atoms with Crippen molar-refractivity contribution in [2.75, 3.05) is 6.61 Å². The van der Waals surface area contributed by atoms with Gasteiger partial charge in [-0.1, -0.05) is 50.1 Å². The summed E-state index contributed by atoms with van der Waals surface area (Å²) in [6.07, 6.45) is 3.25. The van der Waals surface area contributed by atoms with Crippen molar-refractivity contribution in [2.45, 2.75) is 32.8 Å². The Bertz CT molecular complexity index is 1100. The summed E-state index contributed by atoms with van der Waals surface area (Å²) in [7, 11) is 0. The van der Waals surface area contributed by atoms with Crippen molar-refractivity contribution in [3.05, 3.63) is 95.6 Å². The molecule has 3 aromatic rings. The van der Waals surface area contributed by atoms with Crippen molar-refractivity contribution in [1.29, 1.82) is 0 Å². The molecule has 3 rings (SSSR count). The highest BCUT2D eigenvalue weighted by atomic mass is 32.1. The summed E-state index contributed by atoms with van der Waals surface area (Å²) in [6.45, 7) is 3.23. The Morgan fingerprint density at radius 2 is 1.34 bits per heavy atom. The van der Waals surface area contributed by atoms with Crippen LogP contribution < -0.4 is 25.6 Å². The molecule has 0 fully saturated rings. The zero-order valence-electron chi connectivity index (χ0n) is 19.6. The summed E-state index contributed by atoms with van der Waals surface area (Å²) in [5, 5.41) is 2.51. The Hall–Kier alpha value is -3.91. The molecule has 182 valence electrons. The molecule has 0 aliphatic heterocycles. The highest BCUT2D eigenvalue weighted by Crippen LogP contribution is 2.15. The molecule has 3 N–H and O–H groups in total. The predicted molar refractivity (Wildman–Crippen MR) is 139 cm³/mol. The monoisotopic (exact) mass is 491 g/mol. The van der Waals surface area contributed by atoms with Crippen LogP contribution in [-0.4, -0.2) is 23.5 Å². The first-order valence-electron chi connectivity index (χ1n) is 11.5. The number of hydrogen-bond donors (Lipinski definition) is 3. The molecule has 0 radical (unpaired) electrons. The zero-order chi connectivity index (χ0) is 24.9. The molecular formula is C27H29N3O4S. The number of benzene rings is 3. The first-order valence-corrected chi connectivity index (χ1v) is 11.9. The lowest BCUT2D eigenvalue weighted by Crippen LogP contribution is -2.48. The van der Waals surface area contributed by atoms with Gasteiger partial charge in [0.25, 0.3) is 11.8 Å². The Kier molecular flexibility index (Phi) is 10.1. The van der Waals surface area contributed by atoms with Crippen LogP contribution in [0.25, 0.3) is 0 Å². The maximum Gasteiger partial charge on any atom is 0.269 e. The van der Waals surface area contributed by atoms with Gasteiger partial charge in [0.05, 0.1) is 6.61 Å². The minimum absolute atomic E-state index is 0.0222. The van der Waals surface area contributed by atoms with Crippen molar-refractivity contribution in [2.24, 2.45) is 0 Å². The van der Waals surface area contributed by atoms with E-state index in [0.29, 0.717) is 35.8 Å². The minimum atomic E-state index is -0.402. The van der Waals surface area contributed by atoms with Gasteiger partial charge in [-0.25, -0.2) is 0 Å². The lowest BCUT2D eigenvalue weighted by atomic mass is 10.2. The third-order valence-corrected chi connectivity index (χ3v) is 5.22. The molecule has 0 aliphatic carbocycles. The molecule has 8 heteroatoms. The Labute approximate surface area is 210 Å². The van der Waals surface area contributed by atoms with E-state index in [4.69, 9.17) is 21.7 Å². The Balaban J connectivity index is 1.40. The molecule has 0 saturated heterocycles. The molecule has 0 saturated carbocycles. The Morgan fingerprint density at radius 1 is 0.743 bits per heavy atom. The summed E-state index contributed by atoms with van der Waals surface area (Å²) in [5.41, 5.74) is 6.90. The molecule has 0 aliphatic rings. The number of hydrogen-bond acceptors (Lipinski definition) is 5. The number of ether oxygens (including phenoxy) is 2. The second-order valence-corrected chi connectivity index (χ2v) is 8.15. The average molecular weight is 492 g/mol. The quantitative estimate of drug-likeness (QED) is 0.215. The Morgan fingerprint density at radius 3 is 1.97 bits per heavy atom. The SMILES string of the molecule is CCCCCOc1ccc(C(=O)NC(=S)NNC(=O)c2ccc(OCc3ccccc3)cc2)cc1. The third-order valence-electron chi connectivity index (χ3n) is 5.01. The van der Waals surface area contributed by atoms with Crippen LogP contribution >= 0.6 is 12.2 Å². The van der Waals surface area contributed by atoms with Crippen molar-refractivity contribution in [3.63, 3.8) is 0 Å². The highest BCUT2D eigenvalue weighted by Gasteiger charge is 2.10. The molecule has 3 aromatic carbocycles. The maximum absolute atomic E-state index is 12.4. The molecular weight excluding hydrogens is 462 g/mol. The molecule has 0 atom stereocenters. The van der Waals surface area contributed by atoms with E-state index in [1.807, 2.05) is 30.3 Å². The zero-order valence-corrected chi connectivity index (χ0v) is 20.4. The number of hydrazine groups is 1. The van der Waals surface area contributed by atoms with Gasteiger partial charge >= 0.3 is 0 Å². The van der Waals surface area contributed by atoms with Gasteiger partial charge < -0.3 is 9.47 Å². The molecule has 0 aromatic heterocycles. The minimum Gasteiger partial charge on any atom is -0.494 e. The molecule has 0 heterocycles. The van der Waals surface area contributed by atoms with E-state index in [1.165, 1.54) is 0 Å². The molecule has 0 spiro atoms. The lowest BCUT2D eigenvalue weighted by Gasteiger charge is -2.12. The molecule has 2 amide bonds. The number of unbranched alkanes of at least 4 members (excludes halogenated alkanes) is 2. The topological polar surface area (TPSA) is 88.7 Å². The van der Waals surface area contributed by atoms with Gasteiger partial charge in [-0.3, -0.25) is 25.8 Å². The summed E-state index contributed by atoms with van der Waals surface area (Å²) >= 11 is 5.11. The van der Waals surface area contributed by atoms with E-state index in [-0.39, 0.29) is 5.11 Å². The van der Waals surface area contributed by atoms with Gasteiger partial charge in [-0.2, -0.15) is 0 Å². The molecule has 0 bridgehead atoms. The van der Waals surface area contributed by atoms with Crippen LogP contribution in [-0.2, 0) is 6.61 Å². The van der Waals surface area contributed by atoms with Gasteiger partial charge in [-0.15, -0.1) is 0 Å². The van der Waals surface area contributed by atoms with E-state index < -0.39 is 11.8 Å². The number of rotatable bonds is 10. The third kappa shape index (κ3) is 8.75. The van der Waals surface area contributed by atoms with Gasteiger partial charge in [0, 0.05) is 11.1 Å². The largest absolute Gasteiger partial charge is 0.494 e. The first kappa shape index (κ1) is 25.7. The van der Waals surface area contributed by atoms with Crippen LogP contribution in [0.3, 0.4) is 0 Å². The van der Waals surface area contributed by atoms with Crippen LogP contribution in [0, 0.1) is 0 Å². The van der Waals surface area contributed by atoms with Crippen molar-refractivity contribution >= 4 is 29.1 Å². The van der Waals surface area contributed by atoms with Gasteiger partial charge in [0.15, 0.2) is 5.11 Å². The fourth-order valence-corrected chi connectivity index (χ4v) is 3.22. The van der Waals surface area contributed by atoms with E-state index in [0.717, 1.165) is 24.8 Å². The molecule has 7 nitrogen and oxygen atoms in total.